The number of carbonyl (C=O) groups is 1. The fourth-order valence-corrected chi connectivity index (χ4v) is 3.37. The van der Waals surface area contributed by atoms with Crippen LogP contribution in [0.15, 0.2) is 0 Å². The summed E-state index contributed by atoms with van der Waals surface area (Å²) in [6.07, 6.45) is 5.26. The molecule has 0 radical (unpaired) electrons. The molecule has 1 saturated heterocycles. The number of hydrogen-bond donors (Lipinski definition) is 1. The van der Waals surface area contributed by atoms with Crippen LogP contribution in [0.4, 0.5) is 0 Å². The van der Waals surface area contributed by atoms with Crippen molar-refractivity contribution in [1.82, 2.24) is 10.2 Å². The highest BCUT2D eigenvalue weighted by atomic mass is 32.2. The fourth-order valence-electron chi connectivity index (χ4n) is 2.53. The second-order valence-corrected chi connectivity index (χ2v) is 6.19. The molecule has 3 nitrogen and oxygen atoms in total. The topological polar surface area (TPSA) is 32.3 Å². The van der Waals surface area contributed by atoms with Crippen molar-refractivity contribution in [2.75, 3.05) is 32.1 Å². The predicted molar refractivity (Wildman–Crippen MR) is 75.4 cm³/mol. The molecule has 1 aliphatic heterocycles. The first-order valence-electron chi connectivity index (χ1n) is 6.52. The molecule has 100 valence electrons. The third-order valence-electron chi connectivity index (χ3n) is 3.81. The first-order chi connectivity index (χ1) is 8.05. The zero-order valence-corrected chi connectivity index (χ0v) is 12.4. The lowest BCUT2D eigenvalue weighted by Crippen LogP contribution is -2.52. The van der Waals surface area contributed by atoms with Crippen molar-refractivity contribution < 1.29 is 4.79 Å². The van der Waals surface area contributed by atoms with Gasteiger partial charge in [0, 0.05) is 25.4 Å². The Morgan fingerprint density at radius 3 is 2.76 bits per heavy atom. The van der Waals surface area contributed by atoms with Crippen LogP contribution in [0.25, 0.3) is 0 Å². The molecule has 0 spiro atoms. The lowest BCUT2D eigenvalue weighted by atomic mass is 9.81. The van der Waals surface area contributed by atoms with Crippen molar-refractivity contribution in [2.24, 2.45) is 5.41 Å². The Morgan fingerprint density at radius 1 is 1.59 bits per heavy atom. The van der Waals surface area contributed by atoms with Crippen LogP contribution in [0, 0.1) is 5.41 Å². The molecular formula is C13H26N2OS. The Labute approximate surface area is 110 Å². The van der Waals surface area contributed by atoms with Gasteiger partial charge in [-0.3, -0.25) is 4.79 Å². The van der Waals surface area contributed by atoms with Gasteiger partial charge in [0.25, 0.3) is 0 Å². The molecule has 0 saturated carbocycles. The highest BCUT2D eigenvalue weighted by Crippen LogP contribution is 2.28. The maximum Gasteiger partial charge on any atom is 0.229 e. The molecule has 0 aromatic heterocycles. The van der Waals surface area contributed by atoms with Crippen molar-refractivity contribution in [3.8, 4) is 0 Å². The van der Waals surface area contributed by atoms with Crippen LogP contribution in [0.2, 0.25) is 0 Å². The van der Waals surface area contributed by atoms with Crippen molar-refractivity contribution >= 4 is 17.7 Å². The molecule has 1 amide bonds. The maximum absolute atomic E-state index is 12.6. The molecule has 2 unspecified atom stereocenters. The standard InChI is InChI=1S/C13H26N2OS/c1-5-11(9-17-4)15(3)12(16)13(2)7-6-8-14-10-13/h11,14H,5-10H2,1-4H3. The number of piperidine rings is 1. The number of hydrogen-bond acceptors (Lipinski definition) is 3. The zero-order valence-electron chi connectivity index (χ0n) is 11.6. The summed E-state index contributed by atoms with van der Waals surface area (Å²) < 4.78 is 0. The van der Waals surface area contributed by atoms with Crippen LogP contribution in [0.1, 0.15) is 33.1 Å². The SMILES string of the molecule is CCC(CSC)N(C)C(=O)C1(C)CCCNC1. The molecule has 1 fully saturated rings. The summed E-state index contributed by atoms with van der Waals surface area (Å²) in [5, 5.41) is 3.35. The van der Waals surface area contributed by atoms with E-state index < -0.39 is 0 Å². The van der Waals surface area contributed by atoms with Gasteiger partial charge in [-0.05, 0) is 39.0 Å². The molecule has 17 heavy (non-hydrogen) atoms. The monoisotopic (exact) mass is 258 g/mol. The molecule has 1 aliphatic rings. The molecule has 0 bridgehead atoms. The largest absolute Gasteiger partial charge is 0.341 e. The molecule has 0 aromatic rings. The molecule has 4 heteroatoms. The summed E-state index contributed by atoms with van der Waals surface area (Å²) in [4.78, 5) is 14.5. The average Bonchev–Trinajstić information content (AvgIpc) is 2.35. The van der Waals surface area contributed by atoms with Gasteiger partial charge in [0.15, 0.2) is 0 Å². The van der Waals surface area contributed by atoms with Crippen molar-refractivity contribution in [2.45, 2.75) is 39.2 Å². The van der Waals surface area contributed by atoms with E-state index >= 15 is 0 Å². The number of amides is 1. The Hall–Kier alpha value is -0.220. The zero-order chi connectivity index (χ0) is 12.9. The minimum Gasteiger partial charge on any atom is -0.341 e. The van der Waals surface area contributed by atoms with Gasteiger partial charge in [0.1, 0.15) is 0 Å². The van der Waals surface area contributed by atoms with E-state index in [9.17, 15) is 4.79 Å². The van der Waals surface area contributed by atoms with E-state index in [1.165, 1.54) is 0 Å². The number of nitrogens with one attached hydrogen (secondary N) is 1. The lowest BCUT2D eigenvalue weighted by Gasteiger charge is -2.38. The second kappa shape index (κ2) is 6.64. The number of carbonyl (C=O) groups excluding carboxylic acids is 1. The first-order valence-corrected chi connectivity index (χ1v) is 7.91. The van der Waals surface area contributed by atoms with Crippen LogP contribution in [-0.4, -0.2) is 49.0 Å². The Morgan fingerprint density at radius 2 is 2.29 bits per heavy atom. The van der Waals surface area contributed by atoms with Gasteiger partial charge < -0.3 is 10.2 Å². The molecule has 1 N–H and O–H groups in total. The highest BCUT2D eigenvalue weighted by molar-refractivity contribution is 7.98. The van der Waals surface area contributed by atoms with Crippen LogP contribution in [0.3, 0.4) is 0 Å². The summed E-state index contributed by atoms with van der Waals surface area (Å²) in [7, 11) is 1.96. The van der Waals surface area contributed by atoms with E-state index in [0.717, 1.165) is 38.1 Å². The molecule has 0 aromatic carbocycles. The molecular weight excluding hydrogens is 232 g/mol. The smallest absolute Gasteiger partial charge is 0.229 e. The summed E-state index contributed by atoms with van der Waals surface area (Å²) >= 11 is 1.82. The summed E-state index contributed by atoms with van der Waals surface area (Å²) in [5.41, 5.74) is -0.196. The summed E-state index contributed by atoms with van der Waals surface area (Å²) in [6, 6.07) is 0.372. The van der Waals surface area contributed by atoms with Crippen molar-refractivity contribution in [3.63, 3.8) is 0 Å². The molecule has 0 aliphatic carbocycles. The van der Waals surface area contributed by atoms with Crippen LogP contribution < -0.4 is 5.32 Å². The maximum atomic E-state index is 12.6. The minimum absolute atomic E-state index is 0.196. The number of rotatable bonds is 5. The Bertz CT molecular complexity index is 252. The minimum atomic E-state index is -0.196. The van der Waals surface area contributed by atoms with Gasteiger partial charge >= 0.3 is 0 Å². The Balaban J connectivity index is 2.66. The second-order valence-electron chi connectivity index (χ2n) is 5.27. The predicted octanol–water partition coefficient (Wildman–Crippen LogP) is 1.98. The van der Waals surface area contributed by atoms with Gasteiger partial charge in [-0.25, -0.2) is 0 Å². The highest BCUT2D eigenvalue weighted by Gasteiger charge is 2.38. The average molecular weight is 258 g/mol. The molecule has 2 atom stereocenters. The third kappa shape index (κ3) is 3.62. The van der Waals surface area contributed by atoms with E-state index in [1.54, 1.807) is 0 Å². The quantitative estimate of drug-likeness (QED) is 0.818. The van der Waals surface area contributed by atoms with Crippen molar-refractivity contribution in [3.05, 3.63) is 0 Å². The van der Waals surface area contributed by atoms with Gasteiger partial charge in [-0.1, -0.05) is 6.92 Å². The van der Waals surface area contributed by atoms with E-state index in [-0.39, 0.29) is 5.41 Å². The van der Waals surface area contributed by atoms with Gasteiger partial charge in [-0.2, -0.15) is 11.8 Å². The van der Waals surface area contributed by atoms with Gasteiger partial charge in [-0.15, -0.1) is 0 Å². The number of thioether (sulfide) groups is 1. The van der Waals surface area contributed by atoms with E-state index in [2.05, 4.69) is 25.4 Å². The van der Waals surface area contributed by atoms with E-state index in [1.807, 2.05) is 23.7 Å². The number of nitrogens with zero attached hydrogens (tertiary/aromatic N) is 1. The van der Waals surface area contributed by atoms with Crippen LogP contribution >= 0.6 is 11.8 Å². The third-order valence-corrected chi connectivity index (χ3v) is 4.53. The van der Waals surface area contributed by atoms with Gasteiger partial charge in [0.05, 0.1) is 5.41 Å². The van der Waals surface area contributed by atoms with E-state index in [0.29, 0.717) is 11.9 Å². The van der Waals surface area contributed by atoms with Gasteiger partial charge in [0.2, 0.25) is 5.91 Å². The molecule has 1 rings (SSSR count). The normalized spacial score (nSPS) is 26.6. The first kappa shape index (κ1) is 14.8. The van der Waals surface area contributed by atoms with Crippen LogP contribution in [-0.2, 0) is 4.79 Å². The van der Waals surface area contributed by atoms with Crippen molar-refractivity contribution in [1.29, 1.82) is 0 Å². The van der Waals surface area contributed by atoms with E-state index in [4.69, 9.17) is 0 Å². The lowest BCUT2D eigenvalue weighted by molar-refractivity contribution is -0.142. The Kier molecular flexibility index (Phi) is 5.80. The fraction of sp³-hybridized carbons (Fsp3) is 0.923. The summed E-state index contributed by atoms with van der Waals surface area (Å²) in [6.45, 7) is 6.14. The molecule has 1 heterocycles. The summed E-state index contributed by atoms with van der Waals surface area (Å²) in [5.74, 6) is 1.34. The van der Waals surface area contributed by atoms with Crippen LogP contribution in [0.5, 0.6) is 0 Å².